The van der Waals surface area contributed by atoms with Crippen molar-refractivity contribution in [3.8, 4) is 11.1 Å². The fourth-order valence-corrected chi connectivity index (χ4v) is 4.16. The summed E-state index contributed by atoms with van der Waals surface area (Å²) in [5.41, 5.74) is 5.22. The minimum absolute atomic E-state index is 0.0315. The van der Waals surface area contributed by atoms with E-state index in [1.54, 1.807) is 21.5 Å². The lowest BCUT2D eigenvalue weighted by molar-refractivity contribution is 0.0951. The molecule has 0 aliphatic heterocycles. The van der Waals surface area contributed by atoms with Gasteiger partial charge in [-0.1, -0.05) is 24.3 Å². The van der Waals surface area contributed by atoms with Crippen LogP contribution in [0.15, 0.2) is 66.9 Å². The summed E-state index contributed by atoms with van der Waals surface area (Å²) in [5, 5.41) is 13.8. The van der Waals surface area contributed by atoms with E-state index in [1.807, 2.05) is 61.8 Å². The van der Waals surface area contributed by atoms with Crippen molar-refractivity contribution < 1.29 is 9.59 Å². The Morgan fingerprint density at radius 3 is 2.35 bits per heavy atom. The molecule has 188 valence electrons. The standard InChI is InChI=1S/C28H29N7O2/c1-34(28(37)31-23-14-15-23)17-18-4-6-19(7-5-18)24-3-2-16-35-25(24)32-27(33-35)30-22-10-8-20(9-11-22)26(36)29-21-12-13-21/h2-11,16,21,23H,12-15,17H2,1H3,(H,29,36)(H,30,33)(H,31,37). The lowest BCUT2D eigenvalue weighted by Gasteiger charge is -2.18. The minimum atomic E-state index is -0.0382. The van der Waals surface area contributed by atoms with Gasteiger partial charge in [-0.05, 0) is 73.2 Å². The summed E-state index contributed by atoms with van der Waals surface area (Å²) in [6.07, 6.45) is 6.14. The summed E-state index contributed by atoms with van der Waals surface area (Å²) in [7, 11) is 1.81. The predicted molar refractivity (Wildman–Crippen MR) is 142 cm³/mol. The fourth-order valence-electron chi connectivity index (χ4n) is 4.16. The van der Waals surface area contributed by atoms with E-state index in [9.17, 15) is 9.59 Å². The predicted octanol–water partition coefficient (Wildman–Crippen LogP) is 4.34. The van der Waals surface area contributed by atoms with Crippen molar-refractivity contribution in [2.75, 3.05) is 12.4 Å². The zero-order chi connectivity index (χ0) is 25.4. The molecule has 3 amide bonds. The third kappa shape index (κ3) is 5.40. The minimum Gasteiger partial charge on any atom is -0.349 e. The van der Waals surface area contributed by atoms with Gasteiger partial charge in [0.05, 0.1) is 0 Å². The molecule has 0 spiro atoms. The van der Waals surface area contributed by atoms with Crippen molar-refractivity contribution in [3.05, 3.63) is 78.0 Å². The lowest BCUT2D eigenvalue weighted by Crippen LogP contribution is -2.37. The molecule has 0 radical (unpaired) electrons. The first-order valence-electron chi connectivity index (χ1n) is 12.7. The second-order valence-corrected chi connectivity index (χ2v) is 9.85. The number of hydrogen-bond acceptors (Lipinski definition) is 5. The highest BCUT2D eigenvalue weighted by atomic mass is 16.2. The van der Waals surface area contributed by atoms with Gasteiger partial charge in [-0.3, -0.25) is 4.79 Å². The van der Waals surface area contributed by atoms with E-state index in [1.165, 1.54) is 0 Å². The van der Waals surface area contributed by atoms with E-state index in [2.05, 4.69) is 21.0 Å². The molecule has 0 bridgehead atoms. The Bertz CT molecular complexity index is 1440. The summed E-state index contributed by atoms with van der Waals surface area (Å²) >= 11 is 0. The molecule has 3 N–H and O–H groups in total. The molecule has 6 rings (SSSR count). The maximum absolute atomic E-state index is 12.2. The molecule has 2 saturated carbocycles. The molecule has 0 saturated heterocycles. The van der Waals surface area contributed by atoms with Crippen molar-refractivity contribution in [1.29, 1.82) is 0 Å². The number of pyridine rings is 1. The molecule has 9 nitrogen and oxygen atoms in total. The van der Waals surface area contributed by atoms with Gasteiger partial charge in [-0.2, -0.15) is 4.98 Å². The topological polar surface area (TPSA) is 104 Å². The number of hydrogen-bond donors (Lipinski definition) is 3. The summed E-state index contributed by atoms with van der Waals surface area (Å²) in [4.78, 5) is 30.9. The summed E-state index contributed by atoms with van der Waals surface area (Å²) in [5.74, 6) is 0.436. The van der Waals surface area contributed by atoms with Gasteiger partial charge in [0.15, 0.2) is 5.65 Å². The van der Waals surface area contributed by atoms with Gasteiger partial charge in [0.2, 0.25) is 5.95 Å². The number of aromatic nitrogens is 3. The van der Waals surface area contributed by atoms with Crippen molar-refractivity contribution >= 4 is 29.2 Å². The molecule has 2 aromatic carbocycles. The van der Waals surface area contributed by atoms with E-state index in [-0.39, 0.29) is 11.9 Å². The van der Waals surface area contributed by atoms with Crippen molar-refractivity contribution in [2.24, 2.45) is 0 Å². The Morgan fingerprint density at radius 2 is 1.65 bits per heavy atom. The van der Waals surface area contributed by atoms with Crippen LogP contribution < -0.4 is 16.0 Å². The highest BCUT2D eigenvalue weighted by Crippen LogP contribution is 2.26. The van der Waals surface area contributed by atoms with E-state index < -0.39 is 0 Å². The number of carbonyl (C=O) groups is 2. The van der Waals surface area contributed by atoms with E-state index in [4.69, 9.17) is 4.98 Å². The maximum atomic E-state index is 12.2. The molecule has 9 heteroatoms. The molecule has 2 fully saturated rings. The van der Waals surface area contributed by atoms with Crippen molar-refractivity contribution in [2.45, 2.75) is 44.3 Å². The average Bonchev–Trinajstić information content (AvgIpc) is 3.84. The van der Waals surface area contributed by atoms with Gasteiger partial charge in [0.25, 0.3) is 5.91 Å². The van der Waals surface area contributed by atoms with Crippen LogP contribution in [-0.2, 0) is 6.54 Å². The third-order valence-corrected chi connectivity index (χ3v) is 6.61. The van der Waals surface area contributed by atoms with Gasteiger partial charge in [0.1, 0.15) is 0 Å². The number of anilines is 2. The summed E-state index contributed by atoms with van der Waals surface area (Å²) in [6, 6.07) is 20.1. The van der Waals surface area contributed by atoms with Gasteiger partial charge >= 0.3 is 6.03 Å². The zero-order valence-electron chi connectivity index (χ0n) is 20.6. The summed E-state index contributed by atoms with van der Waals surface area (Å²) < 4.78 is 1.75. The average molecular weight is 496 g/mol. The Labute approximate surface area is 214 Å². The molecule has 0 unspecified atom stereocenters. The van der Waals surface area contributed by atoms with Crippen LogP contribution in [0.5, 0.6) is 0 Å². The Balaban J connectivity index is 1.15. The van der Waals surface area contributed by atoms with Crippen LogP contribution in [0.25, 0.3) is 16.8 Å². The van der Waals surface area contributed by atoms with Crippen LogP contribution >= 0.6 is 0 Å². The van der Waals surface area contributed by atoms with Crippen LogP contribution in [0.1, 0.15) is 41.6 Å². The second kappa shape index (κ2) is 9.57. The first-order valence-corrected chi connectivity index (χ1v) is 12.7. The highest BCUT2D eigenvalue weighted by Gasteiger charge is 2.25. The Kier molecular flexibility index (Phi) is 5.96. The molecule has 2 aliphatic rings. The molecular weight excluding hydrogens is 466 g/mol. The van der Waals surface area contributed by atoms with E-state index >= 15 is 0 Å². The van der Waals surface area contributed by atoms with E-state index in [0.29, 0.717) is 30.1 Å². The third-order valence-electron chi connectivity index (χ3n) is 6.61. The SMILES string of the molecule is CN(Cc1ccc(-c2cccn3nc(Nc4ccc(C(=O)NC5CC5)cc4)nc23)cc1)C(=O)NC1CC1. The van der Waals surface area contributed by atoms with Crippen LogP contribution in [-0.4, -0.2) is 50.6 Å². The maximum Gasteiger partial charge on any atom is 0.317 e. The van der Waals surface area contributed by atoms with Gasteiger partial charge in [0, 0.05) is 48.7 Å². The fraction of sp³-hybridized carbons (Fsp3) is 0.286. The number of rotatable bonds is 8. The van der Waals surface area contributed by atoms with Crippen LogP contribution in [0.4, 0.5) is 16.4 Å². The number of urea groups is 1. The molecule has 2 aromatic heterocycles. The quantitative estimate of drug-likeness (QED) is 0.338. The van der Waals surface area contributed by atoms with Crippen LogP contribution in [0.2, 0.25) is 0 Å². The number of nitrogens with one attached hydrogen (secondary N) is 3. The normalized spacial score (nSPS) is 14.8. The second-order valence-electron chi connectivity index (χ2n) is 9.85. The number of carbonyl (C=O) groups excluding carboxylic acids is 2. The first kappa shape index (κ1) is 23.0. The molecule has 2 heterocycles. The van der Waals surface area contributed by atoms with Gasteiger partial charge < -0.3 is 20.9 Å². The van der Waals surface area contributed by atoms with E-state index in [0.717, 1.165) is 53.7 Å². The lowest BCUT2D eigenvalue weighted by atomic mass is 10.0. The number of benzene rings is 2. The number of fused-ring (bicyclic) bond motifs is 1. The molecule has 2 aliphatic carbocycles. The molecular formula is C28H29N7O2. The largest absolute Gasteiger partial charge is 0.349 e. The Hall–Kier alpha value is -4.40. The molecule has 0 atom stereocenters. The Morgan fingerprint density at radius 1 is 0.946 bits per heavy atom. The zero-order valence-corrected chi connectivity index (χ0v) is 20.6. The van der Waals surface area contributed by atoms with Crippen LogP contribution in [0, 0.1) is 0 Å². The van der Waals surface area contributed by atoms with Gasteiger partial charge in [-0.15, -0.1) is 5.10 Å². The van der Waals surface area contributed by atoms with Gasteiger partial charge in [-0.25, -0.2) is 9.31 Å². The molecule has 4 aromatic rings. The number of amides is 3. The monoisotopic (exact) mass is 495 g/mol. The smallest absolute Gasteiger partial charge is 0.317 e. The van der Waals surface area contributed by atoms with Crippen molar-refractivity contribution in [3.63, 3.8) is 0 Å². The van der Waals surface area contributed by atoms with Crippen LogP contribution in [0.3, 0.4) is 0 Å². The number of nitrogens with zero attached hydrogens (tertiary/aromatic N) is 4. The highest BCUT2D eigenvalue weighted by molar-refractivity contribution is 5.95. The first-order chi connectivity index (χ1) is 18.0. The van der Waals surface area contributed by atoms with Crippen molar-refractivity contribution in [1.82, 2.24) is 30.1 Å². The summed E-state index contributed by atoms with van der Waals surface area (Å²) in [6.45, 7) is 0.545. The molecule has 37 heavy (non-hydrogen) atoms.